The van der Waals surface area contributed by atoms with Crippen LogP contribution in [0.2, 0.25) is 0 Å². The molecule has 0 bridgehead atoms. The van der Waals surface area contributed by atoms with Gasteiger partial charge in [0, 0.05) is 15.4 Å². The normalized spacial score (nSPS) is 16.2. The van der Waals surface area contributed by atoms with Gasteiger partial charge >= 0.3 is 0 Å². The Balaban J connectivity index is 1.64. The first-order valence-electron chi connectivity index (χ1n) is 7.30. The van der Waals surface area contributed by atoms with Gasteiger partial charge in [-0.25, -0.2) is 0 Å². The highest BCUT2D eigenvalue weighted by atomic mass is 79.9. The maximum Gasteiger partial charge on any atom is 0.0314 e. The molecule has 0 saturated heterocycles. The zero-order valence-electron chi connectivity index (χ0n) is 11.5. The molecule has 1 aliphatic carbocycles. The SMILES string of the molecule is Brc1ccsc1CC(CNC1CC1)Cc1ccccc1. The lowest BCUT2D eigenvalue weighted by molar-refractivity contribution is 0.471. The van der Waals surface area contributed by atoms with Crippen LogP contribution in [0.5, 0.6) is 0 Å². The van der Waals surface area contributed by atoms with Crippen molar-refractivity contribution in [1.82, 2.24) is 5.32 Å². The van der Waals surface area contributed by atoms with Crippen molar-refractivity contribution in [2.75, 3.05) is 6.54 Å². The smallest absolute Gasteiger partial charge is 0.0314 e. The minimum atomic E-state index is 0.674. The van der Waals surface area contributed by atoms with E-state index in [1.807, 2.05) is 11.3 Å². The van der Waals surface area contributed by atoms with Crippen LogP contribution in [-0.4, -0.2) is 12.6 Å². The molecule has 1 nitrogen and oxygen atoms in total. The maximum absolute atomic E-state index is 3.70. The van der Waals surface area contributed by atoms with Crippen molar-refractivity contribution in [1.29, 1.82) is 0 Å². The summed E-state index contributed by atoms with van der Waals surface area (Å²) in [6.07, 6.45) is 5.04. The van der Waals surface area contributed by atoms with Crippen molar-refractivity contribution in [3.63, 3.8) is 0 Å². The molecule has 1 aliphatic rings. The minimum absolute atomic E-state index is 0.674. The fourth-order valence-electron chi connectivity index (χ4n) is 2.52. The molecule has 1 unspecified atom stereocenters. The number of benzene rings is 1. The summed E-state index contributed by atoms with van der Waals surface area (Å²) < 4.78 is 1.27. The Bertz CT molecular complexity index is 533. The van der Waals surface area contributed by atoms with Crippen molar-refractivity contribution in [3.8, 4) is 0 Å². The predicted octanol–water partition coefficient (Wildman–Crippen LogP) is 4.66. The molecule has 0 radical (unpaired) electrons. The predicted molar refractivity (Wildman–Crippen MR) is 90.4 cm³/mol. The largest absolute Gasteiger partial charge is 0.314 e. The van der Waals surface area contributed by atoms with Gasteiger partial charge in [0.05, 0.1) is 0 Å². The molecule has 0 amide bonds. The Kier molecular flexibility index (Phi) is 4.92. The van der Waals surface area contributed by atoms with Gasteiger partial charge in [0.25, 0.3) is 0 Å². The first-order chi connectivity index (χ1) is 9.81. The molecule has 1 heterocycles. The average Bonchev–Trinajstić information content (AvgIpc) is 3.21. The molecule has 1 atom stereocenters. The second-order valence-corrected chi connectivity index (χ2v) is 7.49. The number of hydrogen-bond donors (Lipinski definition) is 1. The number of thiophene rings is 1. The van der Waals surface area contributed by atoms with E-state index in [1.54, 1.807) is 0 Å². The van der Waals surface area contributed by atoms with Crippen LogP contribution in [0.4, 0.5) is 0 Å². The molecule has 0 spiro atoms. The number of nitrogens with one attached hydrogen (secondary N) is 1. The molecule has 20 heavy (non-hydrogen) atoms. The summed E-state index contributed by atoms with van der Waals surface area (Å²) in [4.78, 5) is 1.48. The molecular formula is C17H20BrNS. The maximum atomic E-state index is 3.70. The van der Waals surface area contributed by atoms with E-state index in [1.165, 1.54) is 27.8 Å². The van der Waals surface area contributed by atoms with E-state index >= 15 is 0 Å². The Morgan fingerprint density at radius 3 is 2.60 bits per heavy atom. The van der Waals surface area contributed by atoms with Gasteiger partial charge in [-0.05, 0) is 71.1 Å². The van der Waals surface area contributed by atoms with Crippen LogP contribution < -0.4 is 5.32 Å². The molecule has 0 aliphatic heterocycles. The molecule has 3 heteroatoms. The van der Waals surface area contributed by atoms with Gasteiger partial charge in [-0.15, -0.1) is 11.3 Å². The fourth-order valence-corrected chi connectivity index (χ4v) is 4.15. The van der Waals surface area contributed by atoms with Crippen LogP contribution in [-0.2, 0) is 12.8 Å². The quantitative estimate of drug-likeness (QED) is 0.766. The third-order valence-electron chi connectivity index (χ3n) is 3.80. The van der Waals surface area contributed by atoms with E-state index in [2.05, 4.69) is 63.0 Å². The van der Waals surface area contributed by atoms with Gasteiger partial charge in [0.1, 0.15) is 0 Å². The summed E-state index contributed by atoms with van der Waals surface area (Å²) in [5, 5.41) is 5.87. The van der Waals surface area contributed by atoms with E-state index < -0.39 is 0 Å². The van der Waals surface area contributed by atoms with E-state index in [-0.39, 0.29) is 0 Å². The Hall–Kier alpha value is -0.640. The van der Waals surface area contributed by atoms with E-state index in [0.29, 0.717) is 5.92 Å². The van der Waals surface area contributed by atoms with E-state index in [0.717, 1.165) is 25.4 Å². The van der Waals surface area contributed by atoms with Gasteiger partial charge in [-0.3, -0.25) is 0 Å². The summed E-state index contributed by atoms with van der Waals surface area (Å²) in [5.74, 6) is 0.674. The summed E-state index contributed by atoms with van der Waals surface area (Å²) in [7, 11) is 0. The van der Waals surface area contributed by atoms with Gasteiger partial charge in [0.2, 0.25) is 0 Å². The van der Waals surface area contributed by atoms with Gasteiger partial charge in [-0.1, -0.05) is 30.3 Å². The molecule has 106 valence electrons. The van der Waals surface area contributed by atoms with Crippen molar-refractivity contribution in [2.45, 2.75) is 31.7 Å². The van der Waals surface area contributed by atoms with Crippen molar-refractivity contribution in [2.24, 2.45) is 5.92 Å². The topological polar surface area (TPSA) is 12.0 Å². The zero-order chi connectivity index (χ0) is 13.8. The van der Waals surface area contributed by atoms with E-state index in [9.17, 15) is 0 Å². The molecule has 2 aromatic rings. The highest BCUT2D eigenvalue weighted by molar-refractivity contribution is 9.10. The third kappa shape index (κ3) is 4.18. The lowest BCUT2D eigenvalue weighted by Gasteiger charge is -2.17. The molecule has 1 aromatic carbocycles. The van der Waals surface area contributed by atoms with Gasteiger partial charge < -0.3 is 5.32 Å². The van der Waals surface area contributed by atoms with Gasteiger partial charge in [-0.2, -0.15) is 0 Å². The van der Waals surface area contributed by atoms with Crippen LogP contribution in [0.15, 0.2) is 46.3 Å². The second kappa shape index (κ2) is 6.88. The van der Waals surface area contributed by atoms with Crippen LogP contribution in [0.1, 0.15) is 23.3 Å². The molecule has 1 N–H and O–H groups in total. The first kappa shape index (κ1) is 14.3. The van der Waals surface area contributed by atoms with E-state index in [4.69, 9.17) is 0 Å². The lowest BCUT2D eigenvalue weighted by atomic mass is 9.95. The highest BCUT2D eigenvalue weighted by Crippen LogP contribution is 2.27. The molecule has 1 fully saturated rings. The Morgan fingerprint density at radius 1 is 1.15 bits per heavy atom. The Morgan fingerprint density at radius 2 is 1.95 bits per heavy atom. The zero-order valence-corrected chi connectivity index (χ0v) is 13.9. The fraction of sp³-hybridized carbons (Fsp3) is 0.412. The van der Waals surface area contributed by atoms with Crippen molar-refractivity contribution < 1.29 is 0 Å². The van der Waals surface area contributed by atoms with Crippen LogP contribution in [0, 0.1) is 5.92 Å². The molecule has 3 rings (SSSR count). The summed E-state index contributed by atoms with van der Waals surface area (Å²) in [6, 6.07) is 13.8. The highest BCUT2D eigenvalue weighted by Gasteiger charge is 2.22. The number of rotatable bonds is 7. The number of hydrogen-bond acceptors (Lipinski definition) is 2. The standard InChI is InChI=1S/C17H20BrNS/c18-16-8-9-20-17(16)11-14(12-19-15-6-7-15)10-13-4-2-1-3-5-13/h1-5,8-9,14-15,19H,6-7,10-12H2. The number of halogens is 1. The third-order valence-corrected chi connectivity index (χ3v) is 5.75. The minimum Gasteiger partial charge on any atom is -0.314 e. The molecular weight excluding hydrogens is 330 g/mol. The van der Waals surface area contributed by atoms with Crippen molar-refractivity contribution >= 4 is 27.3 Å². The molecule has 1 saturated carbocycles. The summed E-state index contributed by atoms with van der Waals surface area (Å²) >= 11 is 5.53. The van der Waals surface area contributed by atoms with Crippen molar-refractivity contribution in [3.05, 3.63) is 56.7 Å². The van der Waals surface area contributed by atoms with Crippen LogP contribution in [0.3, 0.4) is 0 Å². The van der Waals surface area contributed by atoms with Crippen LogP contribution in [0.25, 0.3) is 0 Å². The lowest BCUT2D eigenvalue weighted by Crippen LogP contribution is -2.27. The summed E-state index contributed by atoms with van der Waals surface area (Å²) in [6.45, 7) is 1.13. The first-order valence-corrected chi connectivity index (χ1v) is 8.97. The van der Waals surface area contributed by atoms with Gasteiger partial charge in [0.15, 0.2) is 0 Å². The molecule has 1 aromatic heterocycles. The monoisotopic (exact) mass is 349 g/mol. The second-order valence-electron chi connectivity index (χ2n) is 5.63. The average molecular weight is 350 g/mol. The summed E-state index contributed by atoms with van der Waals surface area (Å²) in [5.41, 5.74) is 1.45. The Labute approximate surface area is 133 Å². The van der Waals surface area contributed by atoms with Crippen LogP contribution >= 0.6 is 27.3 Å².